The van der Waals surface area contributed by atoms with Crippen molar-refractivity contribution in [1.82, 2.24) is 0 Å². The van der Waals surface area contributed by atoms with Gasteiger partial charge in [-0.2, -0.15) is 0 Å². The van der Waals surface area contributed by atoms with Crippen LogP contribution in [0.3, 0.4) is 0 Å². The van der Waals surface area contributed by atoms with E-state index in [9.17, 15) is 14.9 Å². The molecule has 0 radical (unpaired) electrons. The lowest BCUT2D eigenvalue weighted by Gasteiger charge is -2.23. The molecule has 0 aliphatic rings. The van der Waals surface area contributed by atoms with E-state index in [1.807, 2.05) is 6.92 Å². The van der Waals surface area contributed by atoms with Gasteiger partial charge in [0.1, 0.15) is 0 Å². The summed E-state index contributed by atoms with van der Waals surface area (Å²) in [6.07, 6.45) is 2.66. The maximum atomic E-state index is 11.9. The predicted octanol–water partition coefficient (Wildman–Crippen LogP) is 3.09. The number of aryl methyl sites for hydroxylation is 1. The summed E-state index contributed by atoms with van der Waals surface area (Å²) in [7, 11) is 0. The Morgan fingerprint density at radius 2 is 2.16 bits per heavy atom. The SMILES string of the molecule is C=CCN(C(=O)CC)c1ccc([N+](=O)[O-])cc1CC. The molecule has 0 bridgehead atoms. The zero-order valence-corrected chi connectivity index (χ0v) is 11.3. The van der Waals surface area contributed by atoms with Crippen molar-refractivity contribution in [2.75, 3.05) is 11.4 Å². The molecule has 0 N–H and O–H groups in total. The van der Waals surface area contributed by atoms with Crippen LogP contribution < -0.4 is 4.90 Å². The number of benzene rings is 1. The second-order valence-electron chi connectivity index (χ2n) is 4.07. The number of nitrogens with zero attached hydrogens (tertiary/aromatic N) is 2. The summed E-state index contributed by atoms with van der Waals surface area (Å²) in [5.41, 5.74) is 1.56. The van der Waals surface area contributed by atoms with Gasteiger partial charge < -0.3 is 4.90 Å². The molecule has 5 nitrogen and oxygen atoms in total. The molecule has 0 aromatic heterocycles. The molecule has 0 saturated carbocycles. The highest BCUT2D eigenvalue weighted by Crippen LogP contribution is 2.26. The minimum atomic E-state index is -0.428. The van der Waals surface area contributed by atoms with Crippen molar-refractivity contribution in [2.24, 2.45) is 0 Å². The molecule has 0 atom stereocenters. The van der Waals surface area contributed by atoms with Crippen LogP contribution in [0.1, 0.15) is 25.8 Å². The average molecular weight is 262 g/mol. The van der Waals surface area contributed by atoms with Gasteiger partial charge in [-0.1, -0.05) is 19.9 Å². The molecule has 102 valence electrons. The van der Waals surface area contributed by atoms with Crippen LogP contribution in [-0.2, 0) is 11.2 Å². The molecule has 19 heavy (non-hydrogen) atoms. The van der Waals surface area contributed by atoms with Gasteiger partial charge in [-0.15, -0.1) is 6.58 Å². The lowest BCUT2D eigenvalue weighted by molar-refractivity contribution is -0.384. The first-order valence-corrected chi connectivity index (χ1v) is 6.23. The Labute approximate surface area is 112 Å². The number of nitro benzene ring substituents is 1. The van der Waals surface area contributed by atoms with Crippen LogP contribution in [0.2, 0.25) is 0 Å². The van der Waals surface area contributed by atoms with Crippen molar-refractivity contribution in [3.63, 3.8) is 0 Å². The van der Waals surface area contributed by atoms with Gasteiger partial charge in [-0.25, -0.2) is 0 Å². The number of carbonyl (C=O) groups excluding carboxylic acids is 1. The average Bonchev–Trinajstić information content (AvgIpc) is 2.43. The van der Waals surface area contributed by atoms with Crippen molar-refractivity contribution >= 4 is 17.3 Å². The lowest BCUT2D eigenvalue weighted by atomic mass is 10.1. The predicted molar refractivity (Wildman–Crippen MR) is 75.3 cm³/mol. The summed E-state index contributed by atoms with van der Waals surface area (Å²) in [4.78, 5) is 23.9. The maximum absolute atomic E-state index is 11.9. The van der Waals surface area contributed by atoms with E-state index in [1.54, 1.807) is 24.0 Å². The summed E-state index contributed by atoms with van der Waals surface area (Å²) < 4.78 is 0. The van der Waals surface area contributed by atoms with E-state index >= 15 is 0 Å². The molecule has 0 heterocycles. The third-order valence-electron chi connectivity index (χ3n) is 2.86. The smallest absolute Gasteiger partial charge is 0.269 e. The maximum Gasteiger partial charge on any atom is 0.269 e. The normalized spacial score (nSPS) is 10.0. The van der Waals surface area contributed by atoms with E-state index in [0.717, 1.165) is 11.3 Å². The number of amides is 1. The summed E-state index contributed by atoms with van der Waals surface area (Å²) in [5.74, 6) is -0.0246. The van der Waals surface area contributed by atoms with Gasteiger partial charge in [0.2, 0.25) is 5.91 Å². The van der Waals surface area contributed by atoms with E-state index in [0.29, 0.717) is 19.4 Å². The van der Waals surface area contributed by atoms with E-state index in [2.05, 4.69) is 6.58 Å². The molecule has 1 amide bonds. The minimum absolute atomic E-state index is 0.0246. The van der Waals surface area contributed by atoms with Crippen molar-refractivity contribution in [3.05, 3.63) is 46.5 Å². The topological polar surface area (TPSA) is 63.5 Å². The Balaban J connectivity index is 3.26. The fourth-order valence-corrected chi connectivity index (χ4v) is 1.89. The minimum Gasteiger partial charge on any atom is -0.308 e. The van der Waals surface area contributed by atoms with Crippen LogP contribution in [0.4, 0.5) is 11.4 Å². The fraction of sp³-hybridized carbons (Fsp3) is 0.357. The Bertz CT molecular complexity index is 497. The number of nitro groups is 1. The molecular weight excluding hydrogens is 244 g/mol. The third-order valence-corrected chi connectivity index (χ3v) is 2.86. The van der Waals surface area contributed by atoms with Crippen LogP contribution >= 0.6 is 0 Å². The number of hydrogen-bond donors (Lipinski definition) is 0. The molecule has 5 heteroatoms. The Hall–Kier alpha value is -2.17. The zero-order valence-electron chi connectivity index (χ0n) is 11.3. The van der Waals surface area contributed by atoms with Crippen LogP contribution in [0.5, 0.6) is 0 Å². The van der Waals surface area contributed by atoms with Gasteiger partial charge in [0, 0.05) is 30.8 Å². The van der Waals surface area contributed by atoms with Crippen LogP contribution in [0.15, 0.2) is 30.9 Å². The molecule has 1 aromatic carbocycles. The number of carbonyl (C=O) groups is 1. The fourth-order valence-electron chi connectivity index (χ4n) is 1.89. The number of hydrogen-bond acceptors (Lipinski definition) is 3. The molecule has 0 aliphatic carbocycles. The summed E-state index contributed by atoms with van der Waals surface area (Å²) in [6, 6.07) is 4.58. The molecule has 0 unspecified atom stereocenters. The van der Waals surface area contributed by atoms with Crippen LogP contribution in [0, 0.1) is 10.1 Å². The third kappa shape index (κ3) is 3.40. The Kier molecular flexibility index (Phi) is 5.23. The van der Waals surface area contributed by atoms with Crippen molar-refractivity contribution in [1.29, 1.82) is 0 Å². The summed E-state index contributed by atoms with van der Waals surface area (Å²) in [6.45, 7) is 7.74. The van der Waals surface area contributed by atoms with Gasteiger partial charge in [0.25, 0.3) is 5.69 Å². The van der Waals surface area contributed by atoms with Gasteiger partial charge in [0.05, 0.1) is 4.92 Å². The second kappa shape index (κ2) is 6.68. The first-order chi connectivity index (χ1) is 9.04. The molecule has 0 saturated heterocycles. The highest BCUT2D eigenvalue weighted by Gasteiger charge is 2.18. The first kappa shape index (κ1) is 14.9. The summed E-state index contributed by atoms with van der Waals surface area (Å²) in [5, 5.41) is 10.8. The van der Waals surface area contributed by atoms with E-state index in [1.165, 1.54) is 12.1 Å². The molecule has 0 spiro atoms. The van der Waals surface area contributed by atoms with Crippen LogP contribution in [-0.4, -0.2) is 17.4 Å². The highest BCUT2D eigenvalue weighted by molar-refractivity contribution is 5.94. The number of non-ortho nitro benzene ring substituents is 1. The zero-order chi connectivity index (χ0) is 14.4. The standard InChI is InChI=1S/C14H18N2O3/c1-4-9-15(14(17)6-3)13-8-7-12(16(18)19)10-11(13)5-2/h4,7-8,10H,1,5-6,9H2,2-3H3. The molecule has 1 aromatic rings. The van der Waals surface area contributed by atoms with Crippen LogP contribution in [0.25, 0.3) is 0 Å². The van der Waals surface area contributed by atoms with Gasteiger partial charge in [0.15, 0.2) is 0 Å². The van der Waals surface area contributed by atoms with Gasteiger partial charge in [-0.3, -0.25) is 14.9 Å². The van der Waals surface area contributed by atoms with E-state index < -0.39 is 4.92 Å². The quantitative estimate of drug-likeness (QED) is 0.449. The van der Waals surface area contributed by atoms with Gasteiger partial charge >= 0.3 is 0 Å². The van der Waals surface area contributed by atoms with E-state index in [-0.39, 0.29) is 11.6 Å². The van der Waals surface area contributed by atoms with Gasteiger partial charge in [-0.05, 0) is 18.1 Å². The highest BCUT2D eigenvalue weighted by atomic mass is 16.6. The van der Waals surface area contributed by atoms with E-state index in [4.69, 9.17) is 0 Å². The Morgan fingerprint density at radius 3 is 2.63 bits per heavy atom. The Morgan fingerprint density at radius 1 is 1.47 bits per heavy atom. The molecular formula is C14H18N2O3. The van der Waals surface area contributed by atoms with Crippen molar-refractivity contribution in [2.45, 2.75) is 26.7 Å². The molecule has 0 aliphatic heterocycles. The number of anilines is 1. The first-order valence-electron chi connectivity index (χ1n) is 6.23. The molecule has 1 rings (SSSR count). The number of rotatable bonds is 6. The van der Waals surface area contributed by atoms with Crippen molar-refractivity contribution in [3.8, 4) is 0 Å². The van der Waals surface area contributed by atoms with Crippen molar-refractivity contribution < 1.29 is 9.72 Å². The largest absolute Gasteiger partial charge is 0.308 e. The monoisotopic (exact) mass is 262 g/mol. The molecule has 0 fully saturated rings. The second-order valence-corrected chi connectivity index (χ2v) is 4.07. The lowest BCUT2D eigenvalue weighted by Crippen LogP contribution is -2.31. The summed E-state index contributed by atoms with van der Waals surface area (Å²) >= 11 is 0.